The summed E-state index contributed by atoms with van der Waals surface area (Å²) in [5, 5.41) is 10.0. The predicted molar refractivity (Wildman–Crippen MR) is 103 cm³/mol. The molecule has 0 saturated heterocycles. The fourth-order valence-electron chi connectivity index (χ4n) is 3.01. The van der Waals surface area contributed by atoms with E-state index in [0.717, 1.165) is 28.1 Å². The summed E-state index contributed by atoms with van der Waals surface area (Å²) in [7, 11) is 0. The van der Waals surface area contributed by atoms with E-state index in [9.17, 15) is 9.18 Å². The highest BCUT2D eigenvalue weighted by Gasteiger charge is 2.28. The molecule has 1 amide bonds. The van der Waals surface area contributed by atoms with Crippen molar-refractivity contribution in [2.75, 3.05) is 11.1 Å². The first kappa shape index (κ1) is 17.6. The van der Waals surface area contributed by atoms with Gasteiger partial charge in [0.1, 0.15) is 18.2 Å². The van der Waals surface area contributed by atoms with Gasteiger partial charge in [-0.15, -0.1) is 11.8 Å². The van der Waals surface area contributed by atoms with Crippen LogP contribution >= 0.6 is 11.8 Å². The van der Waals surface area contributed by atoms with Crippen LogP contribution in [0.1, 0.15) is 27.6 Å². The summed E-state index contributed by atoms with van der Waals surface area (Å²) < 4.78 is 18.7. The molecule has 0 aliphatic carbocycles. The lowest BCUT2D eigenvalue weighted by atomic mass is 10.0. The van der Waals surface area contributed by atoms with Crippen molar-refractivity contribution in [1.29, 1.82) is 0 Å². The van der Waals surface area contributed by atoms with Crippen LogP contribution in [0, 0.1) is 12.7 Å². The number of aromatic amines is 1. The molecule has 0 bridgehead atoms. The number of ether oxygens (including phenoxy) is 1. The van der Waals surface area contributed by atoms with Crippen LogP contribution in [-0.4, -0.2) is 21.9 Å². The van der Waals surface area contributed by atoms with Crippen molar-refractivity contribution in [3.8, 4) is 5.75 Å². The molecule has 0 radical (unpaired) electrons. The number of hydrogen-bond acceptors (Lipinski definition) is 4. The van der Waals surface area contributed by atoms with E-state index in [-0.39, 0.29) is 17.0 Å². The molecule has 1 aliphatic rings. The number of hydrogen-bond donors (Lipinski definition) is 2. The number of rotatable bonds is 4. The maximum absolute atomic E-state index is 13.0. The van der Waals surface area contributed by atoms with Gasteiger partial charge in [0.25, 0.3) is 0 Å². The van der Waals surface area contributed by atoms with E-state index < -0.39 is 0 Å². The molecule has 3 aromatic rings. The number of nitrogens with one attached hydrogen (secondary N) is 2. The third-order valence-electron chi connectivity index (χ3n) is 4.40. The summed E-state index contributed by atoms with van der Waals surface area (Å²) >= 11 is 1.58. The molecule has 27 heavy (non-hydrogen) atoms. The van der Waals surface area contributed by atoms with Crippen molar-refractivity contribution >= 4 is 23.5 Å². The summed E-state index contributed by atoms with van der Waals surface area (Å²) in [4.78, 5) is 11.9. The zero-order valence-corrected chi connectivity index (χ0v) is 15.5. The topological polar surface area (TPSA) is 67.0 Å². The minimum atomic E-state index is -0.258. The van der Waals surface area contributed by atoms with E-state index in [0.29, 0.717) is 18.2 Å². The molecule has 5 nitrogen and oxygen atoms in total. The number of nitrogens with zero attached hydrogens (tertiary/aromatic N) is 1. The maximum Gasteiger partial charge on any atom is 0.235 e. The number of benzene rings is 2. The Balaban J connectivity index is 1.51. The van der Waals surface area contributed by atoms with Crippen LogP contribution < -0.4 is 10.1 Å². The smallest absolute Gasteiger partial charge is 0.235 e. The Kier molecular flexibility index (Phi) is 4.85. The normalized spacial score (nSPS) is 16.4. The molecule has 1 aromatic heterocycles. The molecule has 0 unspecified atom stereocenters. The highest BCUT2D eigenvalue weighted by atomic mass is 32.2. The molecular formula is C20H18FN3O2S. The Hall–Kier alpha value is -2.80. The Labute approximate surface area is 160 Å². The number of fused-ring (bicyclic) bond motifs is 1. The third kappa shape index (κ3) is 3.83. The quantitative estimate of drug-likeness (QED) is 0.708. The summed E-state index contributed by atoms with van der Waals surface area (Å²) in [6.45, 7) is 2.33. The minimum absolute atomic E-state index is 0.0175. The third-order valence-corrected chi connectivity index (χ3v) is 5.67. The van der Waals surface area contributed by atoms with Gasteiger partial charge in [0, 0.05) is 11.3 Å². The number of halogens is 1. The fourth-order valence-corrected chi connectivity index (χ4v) is 4.21. The summed E-state index contributed by atoms with van der Waals surface area (Å²) in [6, 6.07) is 14.1. The van der Waals surface area contributed by atoms with Gasteiger partial charge in [-0.2, -0.15) is 5.10 Å². The molecule has 0 spiro atoms. The van der Waals surface area contributed by atoms with E-state index in [1.807, 2.05) is 31.2 Å². The Bertz CT molecular complexity index is 954. The van der Waals surface area contributed by atoms with Gasteiger partial charge < -0.3 is 10.1 Å². The number of amides is 1. The first-order valence-electron chi connectivity index (χ1n) is 8.53. The average Bonchev–Trinajstić information content (AvgIpc) is 2.93. The Morgan fingerprint density at radius 2 is 1.93 bits per heavy atom. The summed E-state index contributed by atoms with van der Waals surface area (Å²) in [5.41, 5.74) is 3.94. The van der Waals surface area contributed by atoms with Crippen LogP contribution in [0.25, 0.3) is 0 Å². The maximum atomic E-state index is 13.0. The molecule has 1 aliphatic heterocycles. The Morgan fingerprint density at radius 3 is 2.67 bits per heavy atom. The number of carbonyl (C=O) groups excluding carboxylic acids is 1. The second kappa shape index (κ2) is 7.44. The largest absolute Gasteiger partial charge is 0.489 e. The lowest BCUT2D eigenvalue weighted by Gasteiger charge is -2.16. The summed E-state index contributed by atoms with van der Waals surface area (Å²) in [6.07, 6.45) is 0. The highest BCUT2D eigenvalue weighted by molar-refractivity contribution is 8.00. The number of carbonyl (C=O) groups is 1. The van der Waals surface area contributed by atoms with Crippen molar-refractivity contribution < 1.29 is 13.9 Å². The fraction of sp³-hybridized carbons (Fsp3) is 0.200. The predicted octanol–water partition coefficient (Wildman–Crippen LogP) is 4.21. The van der Waals surface area contributed by atoms with Crippen molar-refractivity contribution in [2.45, 2.75) is 18.8 Å². The standard InChI is InChI=1S/C20H18FN3O2S/c1-12-18-19(27-11-17(25)22-20(18)24-23-12)14-4-8-16(9-5-14)26-10-13-2-6-15(21)7-3-13/h2-9,19H,10-11H2,1H3,(H2,22,23,24,25)/t19-/m0/s1. The zero-order valence-electron chi connectivity index (χ0n) is 14.7. The van der Waals surface area contributed by atoms with Crippen molar-refractivity contribution in [3.63, 3.8) is 0 Å². The summed E-state index contributed by atoms with van der Waals surface area (Å²) in [5.74, 6) is 1.41. The van der Waals surface area contributed by atoms with Gasteiger partial charge in [0.05, 0.1) is 11.0 Å². The zero-order chi connectivity index (χ0) is 18.8. The highest BCUT2D eigenvalue weighted by Crippen LogP contribution is 2.42. The van der Waals surface area contributed by atoms with Crippen LogP contribution in [0.15, 0.2) is 48.5 Å². The monoisotopic (exact) mass is 383 g/mol. The molecule has 7 heteroatoms. The number of aryl methyl sites for hydroxylation is 1. The van der Waals surface area contributed by atoms with E-state index in [1.54, 1.807) is 23.9 Å². The molecule has 2 heterocycles. The first-order valence-corrected chi connectivity index (χ1v) is 9.58. The number of thioether (sulfide) groups is 1. The number of H-pyrrole nitrogens is 1. The SMILES string of the molecule is Cc1[nH]nc2c1[C@H](c1ccc(OCc3ccc(F)cc3)cc1)SCC(=O)N2. The molecule has 2 aromatic carbocycles. The van der Waals surface area contributed by atoms with Crippen LogP contribution in [0.2, 0.25) is 0 Å². The van der Waals surface area contributed by atoms with Gasteiger partial charge in [0.2, 0.25) is 5.91 Å². The number of anilines is 1. The van der Waals surface area contributed by atoms with Gasteiger partial charge in [-0.25, -0.2) is 4.39 Å². The van der Waals surface area contributed by atoms with Crippen molar-refractivity contribution in [3.05, 3.63) is 76.7 Å². The van der Waals surface area contributed by atoms with Gasteiger partial charge in [0.15, 0.2) is 5.82 Å². The molecule has 138 valence electrons. The lowest BCUT2D eigenvalue weighted by Crippen LogP contribution is -2.12. The molecule has 2 N–H and O–H groups in total. The van der Waals surface area contributed by atoms with Gasteiger partial charge in [-0.1, -0.05) is 24.3 Å². The molecule has 0 fully saturated rings. The van der Waals surface area contributed by atoms with E-state index in [2.05, 4.69) is 15.5 Å². The molecule has 4 rings (SSSR count). The first-order chi connectivity index (χ1) is 13.1. The van der Waals surface area contributed by atoms with E-state index >= 15 is 0 Å². The van der Waals surface area contributed by atoms with Crippen molar-refractivity contribution in [2.24, 2.45) is 0 Å². The minimum Gasteiger partial charge on any atom is -0.489 e. The van der Waals surface area contributed by atoms with E-state index in [4.69, 9.17) is 4.74 Å². The average molecular weight is 383 g/mol. The van der Waals surface area contributed by atoms with Crippen LogP contribution in [-0.2, 0) is 11.4 Å². The molecule has 1 atom stereocenters. The van der Waals surface area contributed by atoms with Crippen molar-refractivity contribution in [1.82, 2.24) is 10.2 Å². The van der Waals surface area contributed by atoms with E-state index in [1.165, 1.54) is 12.1 Å². The second-order valence-electron chi connectivity index (χ2n) is 6.33. The van der Waals surface area contributed by atoms with Crippen LogP contribution in [0.3, 0.4) is 0 Å². The lowest BCUT2D eigenvalue weighted by molar-refractivity contribution is -0.113. The van der Waals surface area contributed by atoms with Crippen LogP contribution in [0.4, 0.5) is 10.2 Å². The van der Waals surface area contributed by atoms with Gasteiger partial charge in [-0.3, -0.25) is 9.89 Å². The van der Waals surface area contributed by atoms with Crippen LogP contribution in [0.5, 0.6) is 5.75 Å². The molecule has 0 saturated carbocycles. The Morgan fingerprint density at radius 1 is 1.19 bits per heavy atom. The van der Waals surface area contributed by atoms with Gasteiger partial charge in [-0.05, 0) is 42.3 Å². The molecular weight excluding hydrogens is 365 g/mol. The number of aromatic nitrogens is 2. The van der Waals surface area contributed by atoms with Gasteiger partial charge >= 0.3 is 0 Å². The second-order valence-corrected chi connectivity index (χ2v) is 7.43.